The maximum Gasteiger partial charge on any atom is 0.339 e. The molecule has 0 aliphatic rings. The van der Waals surface area contributed by atoms with Crippen molar-refractivity contribution in [3.05, 3.63) is 23.5 Å². The van der Waals surface area contributed by atoms with E-state index in [2.05, 4.69) is 10.3 Å². The molecule has 0 aliphatic carbocycles. The van der Waals surface area contributed by atoms with Gasteiger partial charge in [0.05, 0.1) is 11.8 Å². The van der Waals surface area contributed by atoms with Gasteiger partial charge in [-0.3, -0.25) is 4.98 Å². The second-order valence-electron chi connectivity index (χ2n) is 4.73. The Bertz CT molecular complexity index is 419. The molecule has 0 amide bonds. The molecule has 0 fully saturated rings. The summed E-state index contributed by atoms with van der Waals surface area (Å²) in [5.74, 6) is -0.960. The molecular formula is C14H22N2O3. The SMILES string of the molecule is Cc1cc(NCCCCOC(C)C)c(C(=O)O)cn1. The molecule has 0 aromatic carbocycles. The zero-order valence-electron chi connectivity index (χ0n) is 11.8. The fraction of sp³-hybridized carbons (Fsp3) is 0.571. The summed E-state index contributed by atoms with van der Waals surface area (Å²) in [6.07, 6.45) is 3.54. The number of aryl methyl sites for hydroxylation is 1. The van der Waals surface area contributed by atoms with Crippen molar-refractivity contribution >= 4 is 11.7 Å². The first-order valence-corrected chi connectivity index (χ1v) is 6.56. The molecule has 1 aromatic heterocycles. The van der Waals surface area contributed by atoms with Crippen LogP contribution in [0.25, 0.3) is 0 Å². The number of nitrogens with one attached hydrogen (secondary N) is 1. The Morgan fingerprint density at radius 2 is 2.21 bits per heavy atom. The zero-order chi connectivity index (χ0) is 14.3. The fourth-order valence-electron chi connectivity index (χ4n) is 1.65. The van der Waals surface area contributed by atoms with Gasteiger partial charge in [-0.15, -0.1) is 0 Å². The number of carboxylic acid groups (broad SMARTS) is 1. The number of nitrogens with zero attached hydrogens (tertiary/aromatic N) is 1. The third-order valence-corrected chi connectivity index (χ3v) is 2.61. The Balaban J connectivity index is 2.40. The van der Waals surface area contributed by atoms with E-state index in [4.69, 9.17) is 9.84 Å². The number of carboxylic acids is 1. The molecule has 0 spiro atoms. The van der Waals surface area contributed by atoms with Crippen molar-refractivity contribution in [2.24, 2.45) is 0 Å². The highest BCUT2D eigenvalue weighted by Gasteiger charge is 2.10. The normalized spacial score (nSPS) is 10.7. The maximum atomic E-state index is 11.0. The lowest BCUT2D eigenvalue weighted by atomic mass is 10.2. The largest absolute Gasteiger partial charge is 0.478 e. The third-order valence-electron chi connectivity index (χ3n) is 2.61. The Labute approximate surface area is 114 Å². The summed E-state index contributed by atoms with van der Waals surface area (Å²) in [4.78, 5) is 15.0. The minimum Gasteiger partial charge on any atom is -0.478 e. The first kappa shape index (κ1) is 15.4. The van der Waals surface area contributed by atoms with Crippen LogP contribution in [-0.2, 0) is 4.74 Å². The van der Waals surface area contributed by atoms with E-state index < -0.39 is 5.97 Å². The van der Waals surface area contributed by atoms with Crippen LogP contribution >= 0.6 is 0 Å². The molecule has 106 valence electrons. The van der Waals surface area contributed by atoms with Gasteiger partial charge in [-0.2, -0.15) is 0 Å². The second kappa shape index (κ2) is 7.74. The van der Waals surface area contributed by atoms with Crippen molar-refractivity contribution in [3.63, 3.8) is 0 Å². The summed E-state index contributed by atoms with van der Waals surface area (Å²) in [5.41, 5.74) is 1.64. The van der Waals surface area contributed by atoms with Crippen LogP contribution in [0.2, 0.25) is 0 Å². The first-order chi connectivity index (χ1) is 9.00. The highest BCUT2D eigenvalue weighted by atomic mass is 16.5. The van der Waals surface area contributed by atoms with Crippen LogP contribution in [0, 0.1) is 6.92 Å². The van der Waals surface area contributed by atoms with Crippen LogP contribution in [-0.4, -0.2) is 35.3 Å². The Kier molecular flexibility index (Phi) is 6.29. The number of ether oxygens (including phenoxy) is 1. The number of aromatic carboxylic acids is 1. The monoisotopic (exact) mass is 266 g/mol. The molecule has 1 heterocycles. The van der Waals surface area contributed by atoms with Gasteiger partial charge in [0.1, 0.15) is 5.56 Å². The molecule has 2 N–H and O–H groups in total. The lowest BCUT2D eigenvalue weighted by Gasteiger charge is -2.11. The number of unbranched alkanes of at least 4 members (excludes halogenated alkanes) is 1. The predicted octanol–water partition coefficient (Wildman–Crippen LogP) is 2.71. The average molecular weight is 266 g/mol. The molecule has 0 aliphatic heterocycles. The summed E-state index contributed by atoms with van der Waals surface area (Å²) in [5, 5.41) is 12.2. The number of pyridine rings is 1. The van der Waals surface area contributed by atoms with E-state index in [0.717, 1.165) is 31.7 Å². The lowest BCUT2D eigenvalue weighted by Crippen LogP contribution is -2.10. The molecular weight excluding hydrogens is 244 g/mol. The van der Waals surface area contributed by atoms with Gasteiger partial charge in [-0.1, -0.05) is 0 Å². The van der Waals surface area contributed by atoms with Crippen LogP contribution in [0.3, 0.4) is 0 Å². The van der Waals surface area contributed by atoms with Gasteiger partial charge >= 0.3 is 5.97 Å². The Morgan fingerprint density at radius 1 is 1.47 bits per heavy atom. The minimum absolute atomic E-state index is 0.212. The molecule has 5 heteroatoms. The smallest absolute Gasteiger partial charge is 0.339 e. The summed E-state index contributed by atoms with van der Waals surface area (Å²) in [7, 11) is 0. The maximum absolute atomic E-state index is 11.0. The van der Waals surface area contributed by atoms with Crippen molar-refractivity contribution in [1.29, 1.82) is 0 Å². The number of hydrogen-bond acceptors (Lipinski definition) is 4. The molecule has 1 rings (SSSR count). The molecule has 0 bridgehead atoms. The minimum atomic E-state index is -0.960. The van der Waals surface area contributed by atoms with Gasteiger partial charge < -0.3 is 15.2 Å². The number of aromatic nitrogens is 1. The van der Waals surface area contributed by atoms with Crippen molar-refractivity contribution in [1.82, 2.24) is 4.98 Å². The molecule has 19 heavy (non-hydrogen) atoms. The van der Waals surface area contributed by atoms with E-state index >= 15 is 0 Å². The average Bonchev–Trinajstić information content (AvgIpc) is 2.33. The van der Waals surface area contributed by atoms with Gasteiger partial charge in [0.25, 0.3) is 0 Å². The second-order valence-corrected chi connectivity index (χ2v) is 4.73. The van der Waals surface area contributed by atoms with E-state index in [0.29, 0.717) is 5.69 Å². The third kappa shape index (κ3) is 5.70. The zero-order valence-corrected chi connectivity index (χ0v) is 11.8. The molecule has 0 saturated heterocycles. The van der Waals surface area contributed by atoms with Crippen molar-refractivity contribution < 1.29 is 14.6 Å². The first-order valence-electron chi connectivity index (χ1n) is 6.56. The van der Waals surface area contributed by atoms with Crippen LogP contribution < -0.4 is 5.32 Å². The number of carbonyl (C=O) groups is 1. The number of hydrogen-bond donors (Lipinski definition) is 2. The van der Waals surface area contributed by atoms with Gasteiger partial charge in [-0.25, -0.2) is 4.79 Å². The van der Waals surface area contributed by atoms with E-state index in [-0.39, 0.29) is 11.7 Å². The van der Waals surface area contributed by atoms with E-state index in [9.17, 15) is 4.79 Å². The number of rotatable bonds is 8. The van der Waals surface area contributed by atoms with Crippen molar-refractivity contribution in [2.75, 3.05) is 18.5 Å². The van der Waals surface area contributed by atoms with Gasteiger partial charge in [0.15, 0.2) is 0 Å². The van der Waals surface area contributed by atoms with Crippen molar-refractivity contribution in [3.8, 4) is 0 Å². The molecule has 0 unspecified atom stereocenters. The van der Waals surface area contributed by atoms with E-state index in [1.54, 1.807) is 6.07 Å². The van der Waals surface area contributed by atoms with Crippen LogP contribution in [0.15, 0.2) is 12.3 Å². The molecule has 5 nitrogen and oxygen atoms in total. The molecule has 1 aromatic rings. The number of anilines is 1. The molecule has 0 radical (unpaired) electrons. The van der Waals surface area contributed by atoms with E-state index in [1.165, 1.54) is 6.20 Å². The van der Waals surface area contributed by atoms with Gasteiger partial charge in [-0.05, 0) is 39.7 Å². The fourth-order valence-corrected chi connectivity index (χ4v) is 1.65. The Hall–Kier alpha value is -1.62. The van der Waals surface area contributed by atoms with Crippen LogP contribution in [0.4, 0.5) is 5.69 Å². The standard InChI is InChI=1S/C14H22N2O3/c1-10(2)19-7-5-4-6-15-13-8-11(3)16-9-12(13)14(17)18/h8-10H,4-7H2,1-3H3,(H,15,16)(H,17,18). The van der Waals surface area contributed by atoms with Gasteiger partial charge in [0.2, 0.25) is 0 Å². The van der Waals surface area contributed by atoms with Gasteiger partial charge in [0, 0.05) is 25.0 Å². The summed E-state index contributed by atoms with van der Waals surface area (Å²) in [6, 6.07) is 1.76. The molecule has 0 saturated carbocycles. The summed E-state index contributed by atoms with van der Waals surface area (Å²) < 4.78 is 5.44. The van der Waals surface area contributed by atoms with Crippen molar-refractivity contribution in [2.45, 2.75) is 39.7 Å². The van der Waals surface area contributed by atoms with Crippen LogP contribution in [0.5, 0.6) is 0 Å². The highest BCUT2D eigenvalue weighted by Crippen LogP contribution is 2.15. The lowest BCUT2D eigenvalue weighted by molar-refractivity contribution is 0.0697. The summed E-state index contributed by atoms with van der Waals surface area (Å²) in [6.45, 7) is 7.33. The highest BCUT2D eigenvalue weighted by molar-refractivity contribution is 5.93. The summed E-state index contributed by atoms with van der Waals surface area (Å²) >= 11 is 0. The van der Waals surface area contributed by atoms with Crippen LogP contribution in [0.1, 0.15) is 42.7 Å². The Morgan fingerprint density at radius 3 is 2.84 bits per heavy atom. The predicted molar refractivity (Wildman–Crippen MR) is 74.7 cm³/mol. The van der Waals surface area contributed by atoms with E-state index in [1.807, 2.05) is 20.8 Å². The molecule has 0 atom stereocenters. The quantitative estimate of drug-likeness (QED) is 0.708. The topological polar surface area (TPSA) is 71.5 Å².